The molecule has 18 nitrogen and oxygen atoms in total. The van der Waals surface area contributed by atoms with Gasteiger partial charge in [-0.15, -0.1) is 0 Å². The number of anilines is 2. The first-order valence-electron chi connectivity index (χ1n) is 12.6. The van der Waals surface area contributed by atoms with Gasteiger partial charge in [-0.05, 0) is 29.2 Å². The second kappa shape index (κ2) is 16.6. The molecule has 7 N–H and O–H groups in total. The maximum Gasteiger partial charge on any atom is 1.00 e. The average molecular weight is 632 g/mol. The molecule has 0 aliphatic rings. The number of aromatic amines is 3. The number of H-pyrrole nitrogens is 3. The second-order valence-corrected chi connectivity index (χ2v) is 9.03. The van der Waals surface area contributed by atoms with Gasteiger partial charge >= 0.3 is 46.9 Å². The number of nitrogens with two attached hydrogens (primary N) is 1. The molecule has 0 saturated heterocycles. The van der Waals surface area contributed by atoms with Crippen molar-refractivity contribution < 1.29 is 68.7 Å². The predicted octanol–water partition coefficient (Wildman–Crippen LogP) is -5.20. The number of amides is 1. The molecule has 230 valence electrons. The minimum atomic E-state index is -1.59. The number of carbonyl (C=O) groups excluding carboxylic acids is 3. The van der Waals surface area contributed by atoms with E-state index < -0.39 is 41.0 Å². The van der Waals surface area contributed by atoms with Crippen molar-refractivity contribution in [3.8, 4) is 0 Å². The first-order valence-corrected chi connectivity index (χ1v) is 12.6. The van der Waals surface area contributed by atoms with Crippen molar-refractivity contribution in [2.24, 2.45) is 0 Å². The molecule has 0 fully saturated rings. The van der Waals surface area contributed by atoms with E-state index in [1.165, 1.54) is 6.47 Å². The molecule has 19 heteroatoms. The Kier molecular flexibility index (Phi) is 13.3. The van der Waals surface area contributed by atoms with Crippen LogP contribution in [0.4, 0.5) is 11.5 Å². The van der Waals surface area contributed by atoms with Crippen LogP contribution in [0.3, 0.4) is 0 Å². The molecule has 4 rings (SSSR count). The Balaban J connectivity index is 0.000000497. The fourth-order valence-corrected chi connectivity index (χ4v) is 3.69. The number of aliphatic carboxylic acids is 1. The van der Waals surface area contributed by atoms with Crippen molar-refractivity contribution in [2.45, 2.75) is 32.5 Å². The summed E-state index contributed by atoms with van der Waals surface area (Å²) in [5.74, 6) is -2.32. The molecule has 1 unspecified atom stereocenters. The van der Waals surface area contributed by atoms with E-state index in [2.05, 4.69) is 30.0 Å². The molecule has 0 aliphatic heterocycles. The first kappa shape index (κ1) is 36.0. The molecular weight excluding hydrogens is 605 g/mol. The number of carboxylic acid groups (broad SMARTS) is 2. The maximum atomic E-state index is 12.4. The van der Waals surface area contributed by atoms with Crippen molar-refractivity contribution in [3.05, 3.63) is 80.1 Å². The monoisotopic (exact) mass is 631 g/mol. The van der Waals surface area contributed by atoms with Gasteiger partial charge in [0.1, 0.15) is 12.4 Å². The van der Waals surface area contributed by atoms with E-state index in [1.54, 1.807) is 37.4 Å². The minimum Gasteiger partial charge on any atom is -0.637 e. The van der Waals surface area contributed by atoms with E-state index in [9.17, 15) is 33.9 Å². The van der Waals surface area contributed by atoms with Gasteiger partial charge in [-0.1, -0.05) is 6.47 Å². The Morgan fingerprint density at radius 1 is 1.18 bits per heavy atom. The summed E-state index contributed by atoms with van der Waals surface area (Å²) in [6.07, 6.45) is 0.327. The number of aryl methyl sites for hydroxylation is 1. The summed E-state index contributed by atoms with van der Waals surface area (Å²) in [4.78, 5) is 86.1. The van der Waals surface area contributed by atoms with Crippen LogP contribution in [0, 0.1) is 6.92 Å². The zero-order valence-electron chi connectivity index (χ0n) is 24.2. The fraction of sp³-hybridized carbons (Fsp3) is 0.231. The predicted molar refractivity (Wildman–Crippen MR) is 149 cm³/mol. The molecule has 0 bridgehead atoms. The summed E-state index contributed by atoms with van der Waals surface area (Å²) in [7, 11) is 1.87. The molecule has 3 aromatic heterocycles. The van der Waals surface area contributed by atoms with E-state index >= 15 is 0 Å². The summed E-state index contributed by atoms with van der Waals surface area (Å²) in [5.41, 5.74) is 6.70. The number of hydrogen-bond acceptors (Lipinski definition) is 13. The van der Waals surface area contributed by atoms with Crippen LogP contribution in [0.15, 0.2) is 46.1 Å². The molecule has 0 aliphatic carbocycles. The van der Waals surface area contributed by atoms with Crippen LogP contribution in [-0.2, 0) is 20.9 Å². The zero-order chi connectivity index (χ0) is 32.4. The number of nitrogens with one attached hydrogen (secondary N) is 4. The second-order valence-electron chi connectivity index (χ2n) is 9.03. The number of rotatable bonds is 11. The number of carboxylic acids is 2. The third-order valence-corrected chi connectivity index (χ3v) is 5.71. The van der Waals surface area contributed by atoms with Gasteiger partial charge < -0.3 is 45.5 Å². The van der Waals surface area contributed by atoms with Crippen LogP contribution in [0.25, 0.3) is 11.2 Å². The van der Waals surface area contributed by atoms with E-state index in [0.717, 1.165) is 17.4 Å². The van der Waals surface area contributed by atoms with E-state index in [4.69, 9.17) is 10.8 Å². The molecule has 0 spiro atoms. The SMILES string of the molecule is Cc1nc(N)c2nc(CN(C)c3ccc(C(=O)NC(CCC(=O)O)O[C-]=O)cc3)c[nH+]c2n1.O=C([O-])c1cc(=O)[nH]c(=O)[nH]1.[Na+]. The van der Waals surface area contributed by atoms with Crippen LogP contribution >= 0.6 is 0 Å². The van der Waals surface area contributed by atoms with Gasteiger partial charge in [0.05, 0.1) is 30.3 Å². The van der Waals surface area contributed by atoms with Gasteiger partial charge in [0, 0.05) is 37.7 Å². The Labute approximate surface area is 275 Å². The smallest absolute Gasteiger partial charge is 0.637 e. The maximum absolute atomic E-state index is 12.4. The first-order chi connectivity index (χ1) is 20.9. The molecule has 3 heterocycles. The standard InChI is InChI=1S/C21H22N7O5.C5H4N2O4.Na/c1-12-24-19(22)18-20(25-12)23-9-14(26-18)10-28(2)15-5-3-13(4-6-15)21(32)27-16(33-11-29)7-8-17(30)31;8-3-1-2(4(9)10)6-5(11)7-3;/h3-6,9,16H,7-8,10H2,1-2H3,(H,27,32)(H,30,31)(H2,22,23,24,25);1H,(H,9,10)(H2,6,7,8,11);/q-1;;+1. The molecule has 0 saturated carbocycles. The largest absolute Gasteiger partial charge is 1.00 e. The number of fused-ring (bicyclic) bond motifs is 1. The molecule has 0 radical (unpaired) electrons. The molecule has 1 amide bonds. The number of hydrogen-bond donors (Lipinski definition) is 5. The Hall–Kier alpha value is -5.20. The van der Waals surface area contributed by atoms with Gasteiger partial charge in [-0.25, -0.2) is 14.8 Å². The van der Waals surface area contributed by atoms with Crippen molar-refractivity contribution in [1.29, 1.82) is 0 Å². The Morgan fingerprint density at radius 2 is 1.87 bits per heavy atom. The van der Waals surface area contributed by atoms with Crippen molar-refractivity contribution >= 4 is 47.0 Å². The normalized spacial score (nSPS) is 10.8. The molecule has 45 heavy (non-hydrogen) atoms. The number of benzene rings is 1. The molecule has 4 aromatic rings. The van der Waals surface area contributed by atoms with E-state index in [1.807, 2.05) is 21.9 Å². The van der Waals surface area contributed by atoms with Gasteiger partial charge in [0.25, 0.3) is 11.5 Å². The number of aromatic carboxylic acids is 1. The topological polar surface area (TPSA) is 281 Å². The van der Waals surface area contributed by atoms with Crippen molar-refractivity contribution in [1.82, 2.24) is 30.2 Å². The Morgan fingerprint density at radius 3 is 2.47 bits per heavy atom. The fourth-order valence-electron chi connectivity index (χ4n) is 3.69. The average Bonchev–Trinajstić information content (AvgIpc) is 2.96. The summed E-state index contributed by atoms with van der Waals surface area (Å²) in [6, 6.07) is 7.44. The molecule has 1 atom stereocenters. The third-order valence-electron chi connectivity index (χ3n) is 5.71. The molecule has 1 aromatic carbocycles. The Bertz CT molecular complexity index is 1770. The quantitative estimate of drug-likeness (QED) is 0.0588. The van der Waals surface area contributed by atoms with E-state index in [0.29, 0.717) is 34.9 Å². The van der Waals surface area contributed by atoms with Gasteiger partial charge in [0.2, 0.25) is 5.82 Å². The van der Waals surface area contributed by atoms with Crippen molar-refractivity contribution in [2.75, 3.05) is 17.7 Å². The number of nitrogens with zero attached hydrogens (tertiary/aromatic N) is 4. The summed E-state index contributed by atoms with van der Waals surface area (Å²) >= 11 is 0. The van der Waals surface area contributed by atoms with Gasteiger partial charge in [0.15, 0.2) is 11.3 Å². The van der Waals surface area contributed by atoms with E-state index in [-0.39, 0.29) is 42.4 Å². The van der Waals surface area contributed by atoms with Crippen LogP contribution in [0.5, 0.6) is 0 Å². The number of carbonyl (C=O) groups is 3. The zero-order valence-corrected chi connectivity index (χ0v) is 26.2. The minimum absolute atomic E-state index is 0. The number of aromatic nitrogens is 6. The third kappa shape index (κ3) is 10.8. The van der Waals surface area contributed by atoms with Crippen LogP contribution in [0.1, 0.15) is 45.2 Å². The van der Waals surface area contributed by atoms with Crippen LogP contribution < -0.4 is 66.8 Å². The van der Waals surface area contributed by atoms with Crippen LogP contribution in [-0.4, -0.2) is 67.6 Å². The van der Waals surface area contributed by atoms with Crippen LogP contribution in [0.2, 0.25) is 0 Å². The summed E-state index contributed by atoms with van der Waals surface area (Å²) in [6.45, 7) is 3.42. The molecular formula is C26H26N9NaO9. The number of nitrogen functional groups attached to an aromatic ring is 1. The van der Waals surface area contributed by atoms with Gasteiger partial charge in [-0.2, -0.15) is 4.98 Å². The number of ether oxygens (including phenoxy) is 1. The summed E-state index contributed by atoms with van der Waals surface area (Å²) in [5, 5.41) is 21.3. The summed E-state index contributed by atoms with van der Waals surface area (Å²) < 4.78 is 4.62. The van der Waals surface area contributed by atoms with Gasteiger partial charge in [-0.3, -0.25) is 19.4 Å². The van der Waals surface area contributed by atoms with Crippen molar-refractivity contribution in [3.63, 3.8) is 0 Å².